The number of hydrogen-bond donors (Lipinski definition) is 4. The number of anilines is 4. The normalized spacial score (nSPS) is 13.6. The van der Waals surface area contributed by atoms with E-state index < -0.39 is 17.7 Å². The van der Waals surface area contributed by atoms with Crippen molar-refractivity contribution in [2.45, 2.75) is 138 Å². The van der Waals surface area contributed by atoms with Gasteiger partial charge in [-0.2, -0.15) is 10.2 Å². The first-order valence-electron chi connectivity index (χ1n) is 27.3. The van der Waals surface area contributed by atoms with E-state index >= 15 is 0 Å². The predicted molar refractivity (Wildman–Crippen MR) is 322 cm³/mol. The molecule has 432 valence electrons. The number of nitrogens with one attached hydrogen (secondary N) is 3. The Balaban J connectivity index is 0.000000180. The summed E-state index contributed by atoms with van der Waals surface area (Å²) in [4.78, 5) is 67.5. The summed E-state index contributed by atoms with van der Waals surface area (Å²) >= 11 is 2.75. The molecule has 22 heteroatoms. The molecule has 20 nitrogen and oxygen atoms in total. The Morgan fingerprint density at radius 3 is 1.54 bits per heavy atom. The van der Waals surface area contributed by atoms with E-state index in [0.717, 1.165) is 105 Å². The molecule has 0 atom stereocenters. The second kappa shape index (κ2) is 25.6. The summed E-state index contributed by atoms with van der Waals surface area (Å²) in [5, 5.41) is 29.0. The van der Waals surface area contributed by atoms with E-state index in [1.54, 1.807) is 18.6 Å². The van der Waals surface area contributed by atoms with Crippen LogP contribution in [0.3, 0.4) is 0 Å². The van der Waals surface area contributed by atoms with E-state index in [1.165, 1.54) is 45.8 Å². The number of amides is 1. The maximum Gasteiger partial charge on any atom is 0.407 e. The summed E-state index contributed by atoms with van der Waals surface area (Å²) in [7, 11) is 4.22. The van der Waals surface area contributed by atoms with Gasteiger partial charge in [0.2, 0.25) is 11.9 Å². The monoisotopic (exact) mass is 1150 g/mol. The van der Waals surface area contributed by atoms with E-state index in [9.17, 15) is 14.4 Å². The molecule has 8 aromatic rings. The molecule has 82 heavy (non-hydrogen) atoms. The Labute approximate surface area is 487 Å². The Morgan fingerprint density at radius 2 is 1.10 bits per heavy atom. The zero-order chi connectivity index (χ0) is 59.1. The van der Waals surface area contributed by atoms with Crippen molar-refractivity contribution in [3.05, 3.63) is 139 Å². The number of thiazole rings is 2. The van der Waals surface area contributed by atoms with Crippen molar-refractivity contribution in [1.82, 2.24) is 64.6 Å². The van der Waals surface area contributed by atoms with Gasteiger partial charge in [-0.15, -0.1) is 22.7 Å². The molecule has 0 unspecified atom stereocenters. The molecule has 0 radical (unpaired) electrons. The third-order valence-corrected chi connectivity index (χ3v) is 16.1. The quantitative estimate of drug-likeness (QED) is 0.0785. The lowest BCUT2D eigenvalue weighted by Gasteiger charge is -2.22. The van der Waals surface area contributed by atoms with Crippen LogP contribution in [0.25, 0.3) is 22.5 Å². The molecule has 4 N–H and O–H groups in total. The number of Topliss-reactive ketones (excluding diaryl/α,β-unsaturated/α-hetero) is 1. The van der Waals surface area contributed by atoms with Crippen LogP contribution in [0.15, 0.2) is 85.5 Å². The van der Waals surface area contributed by atoms with Gasteiger partial charge in [-0.1, -0.05) is 65.8 Å². The number of benzene rings is 2. The first kappa shape index (κ1) is 60.3. The van der Waals surface area contributed by atoms with Crippen LogP contribution >= 0.6 is 22.7 Å². The number of hydrogen-bond acceptors (Lipinski definition) is 18. The molecule has 0 spiro atoms. The largest absolute Gasteiger partial charge is 0.477 e. The standard InChI is InChI=1S/C28H33N7OS.C24H31N7O2.C8H11NO2S/c1-18-14-20(7-6-19(18)8-9-23(36)24-16-30-26(37-24)28(2,3)4)22-10-11-29-27(31-22)32-25-15-21-17-34(5)12-13-35(21)33-25;1-16-12-17(6-7-18(16)14-26-23(32)33-24(2,3)4)20-8-9-25-22(27-20)28-21-13-19-15-30(5)10-11-31(19)29-21;1-8(2,3)7-9-4-5(12-7)6(10)11/h6-7,10-11,14-16H,8-9,12-13,17H2,1-5H3,(H,29,31,32,33);6-9,12-13H,10-11,14-15H2,1-5H3,(H,26,32)(H,25,27,28,29);4H,1-3H3,(H,10,11). The fraction of sp³-hybridized carbons (Fsp3) is 0.417. The van der Waals surface area contributed by atoms with Gasteiger partial charge >= 0.3 is 12.1 Å². The molecule has 8 heterocycles. The Bertz CT molecular complexity index is 3540. The van der Waals surface area contributed by atoms with E-state index in [1.807, 2.05) is 88.2 Å². The number of aryl methyl sites for hydroxylation is 3. The highest BCUT2D eigenvalue weighted by Crippen LogP contribution is 2.30. The molecular formula is C60H75N15O5S2. The van der Waals surface area contributed by atoms with Gasteiger partial charge in [-0.05, 0) is 102 Å². The van der Waals surface area contributed by atoms with Crippen LogP contribution in [0, 0.1) is 13.8 Å². The van der Waals surface area contributed by atoms with E-state index in [2.05, 4.69) is 133 Å². The van der Waals surface area contributed by atoms with Crippen LogP contribution in [0.5, 0.6) is 0 Å². The molecule has 10 rings (SSSR count). The average molecular weight is 1150 g/mol. The number of carboxylic acids is 1. The number of rotatable bonds is 13. The molecule has 2 aromatic carbocycles. The lowest BCUT2D eigenvalue weighted by Crippen LogP contribution is -2.32. The number of aromatic carboxylic acids is 1. The molecule has 0 saturated carbocycles. The molecule has 0 aliphatic carbocycles. The minimum absolute atomic E-state index is 0.0406. The van der Waals surface area contributed by atoms with Crippen molar-refractivity contribution in [3.63, 3.8) is 0 Å². The van der Waals surface area contributed by atoms with Gasteiger partial charge in [0, 0.05) is 91.8 Å². The fourth-order valence-corrected chi connectivity index (χ4v) is 10.6. The number of carboxylic acid groups (broad SMARTS) is 1. The highest BCUT2D eigenvalue weighted by atomic mass is 32.1. The highest BCUT2D eigenvalue weighted by Gasteiger charge is 2.23. The maximum absolute atomic E-state index is 12.8. The first-order chi connectivity index (χ1) is 38.7. The summed E-state index contributed by atoms with van der Waals surface area (Å²) in [5.41, 5.74) is 9.77. The molecule has 0 bridgehead atoms. The topological polar surface area (TPSA) is 236 Å². The summed E-state index contributed by atoms with van der Waals surface area (Å²) in [6.45, 7) is 27.9. The summed E-state index contributed by atoms with van der Waals surface area (Å²) in [6.07, 6.45) is 7.38. The van der Waals surface area contributed by atoms with E-state index in [4.69, 9.17) is 14.8 Å². The Kier molecular flexibility index (Phi) is 18.8. The fourth-order valence-electron chi connectivity index (χ4n) is 8.82. The van der Waals surface area contributed by atoms with Gasteiger partial charge in [0.05, 0.1) is 57.0 Å². The van der Waals surface area contributed by atoms with Gasteiger partial charge in [0.1, 0.15) is 10.5 Å². The van der Waals surface area contributed by atoms with Crippen LogP contribution in [0.2, 0.25) is 0 Å². The predicted octanol–water partition coefficient (Wildman–Crippen LogP) is 11.4. The second-order valence-corrected chi connectivity index (χ2v) is 25.7. The zero-order valence-electron chi connectivity index (χ0n) is 49.2. The number of nitrogens with zero attached hydrogens (tertiary/aromatic N) is 12. The number of ether oxygens (including phenoxy) is 1. The van der Waals surface area contributed by atoms with Crippen molar-refractivity contribution >= 4 is 64.1 Å². The number of ketones is 1. The van der Waals surface area contributed by atoms with Crippen molar-refractivity contribution in [2.75, 3.05) is 37.8 Å². The van der Waals surface area contributed by atoms with Gasteiger partial charge in [0.15, 0.2) is 17.4 Å². The third kappa shape index (κ3) is 16.4. The molecular weight excluding hydrogens is 1070 g/mol. The minimum atomic E-state index is -0.900. The SMILES string of the molecule is CC(C)(C)c1ncc(C(=O)O)s1.Cc1cc(-c2ccnc(Nc3cc4n(n3)CCN(C)C4)n2)ccc1CCC(=O)c1cnc(C(C)(C)C)s1.Cc1cc(-c2ccnc(Nc3cc4n(n3)CCN(C)C4)n2)ccc1CNC(=O)OC(C)(C)C. The van der Waals surface area contributed by atoms with Crippen LogP contribution < -0.4 is 16.0 Å². The maximum atomic E-state index is 12.8. The summed E-state index contributed by atoms with van der Waals surface area (Å²) in [6, 6.07) is 20.2. The van der Waals surface area contributed by atoms with E-state index in [0.29, 0.717) is 36.2 Å². The molecule has 6 aromatic heterocycles. The molecule has 2 aliphatic heterocycles. The van der Waals surface area contributed by atoms with Crippen LogP contribution in [0.1, 0.15) is 132 Å². The van der Waals surface area contributed by atoms with Crippen molar-refractivity contribution in [2.24, 2.45) is 0 Å². The Morgan fingerprint density at radius 1 is 0.622 bits per heavy atom. The lowest BCUT2D eigenvalue weighted by molar-refractivity contribution is 0.0522. The Hall–Kier alpha value is -7.79. The highest BCUT2D eigenvalue weighted by molar-refractivity contribution is 7.14. The molecule has 0 fully saturated rings. The smallest absolute Gasteiger partial charge is 0.407 e. The number of fused-ring (bicyclic) bond motifs is 2. The van der Waals surface area contributed by atoms with Crippen LogP contribution in [-0.4, -0.2) is 115 Å². The van der Waals surface area contributed by atoms with Crippen molar-refractivity contribution < 1.29 is 24.2 Å². The second-order valence-electron chi connectivity index (χ2n) is 23.7. The summed E-state index contributed by atoms with van der Waals surface area (Å²) < 4.78 is 9.37. The molecule has 2 aliphatic rings. The number of aromatic nitrogens is 10. The zero-order valence-corrected chi connectivity index (χ0v) is 50.8. The van der Waals surface area contributed by atoms with E-state index in [-0.39, 0.29) is 16.6 Å². The van der Waals surface area contributed by atoms with Gasteiger partial charge in [-0.3, -0.25) is 24.0 Å². The van der Waals surface area contributed by atoms with Crippen LogP contribution in [-0.2, 0) is 54.7 Å². The summed E-state index contributed by atoms with van der Waals surface area (Å²) in [5.74, 6) is 1.78. The lowest BCUT2D eigenvalue weighted by atomic mass is 9.98. The first-order valence-corrected chi connectivity index (χ1v) is 28.9. The van der Waals surface area contributed by atoms with Crippen molar-refractivity contribution in [3.8, 4) is 22.5 Å². The third-order valence-electron chi connectivity index (χ3n) is 13.3. The number of carbonyl (C=O) groups excluding carboxylic acids is 2. The average Bonchev–Trinajstić information content (AvgIpc) is 4.43. The number of carbonyl (C=O) groups is 3. The van der Waals surface area contributed by atoms with Gasteiger partial charge < -0.3 is 25.8 Å². The minimum Gasteiger partial charge on any atom is -0.477 e. The number of alkyl carbamates (subject to hydrolysis) is 1. The van der Waals surface area contributed by atoms with Gasteiger partial charge in [-0.25, -0.2) is 39.5 Å². The number of likely N-dealkylation sites (N-methyl/N-ethyl adjacent to an activating group) is 2. The van der Waals surface area contributed by atoms with Crippen LogP contribution in [0.4, 0.5) is 28.3 Å². The molecule has 1 amide bonds. The van der Waals surface area contributed by atoms with Crippen molar-refractivity contribution in [1.29, 1.82) is 0 Å². The molecule has 0 saturated heterocycles. The van der Waals surface area contributed by atoms with Gasteiger partial charge in [0.25, 0.3) is 0 Å².